The molecule has 14 heterocycles. The van der Waals surface area contributed by atoms with E-state index >= 15 is 0 Å². The molecule has 0 saturated carbocycles. The number of hydrogen-bond acceptors (Lipinski definition) is 36. The predicted molar refractivity (Wildman–Crippen MR) is 488 cm³/mol. The summed E-state index contributed by atoms with van der Waals surface area (Å²) in [5, 5.41) is 13.4. The van der Waals surface area contributed by atoms with Crippen molar-refractivity contribution in [3.8, 4) is 0 Å². The van der Waals surface area contributed by atoms with E-state index in [1.54, 1.807) is 80.2 Å². The first-order valence-corrected chi connectivity index (χ1v) is 47.2. The Kier molecular flexibility index (Phi) is 41.9. The number of rotatable bonds is 39. The van der Waals surface area contributed by atoms with Crippen molar-refractivity contribution in [1.29, 1.82) is 0 Å². The molecule has 3 N–H and O–H groups in total. The number of hydrogen-bond donors (Lipinski definition) is 3. The molecule has 4 atom stereocenters. The van der Waals surface area contributed by atoms with Crippen LogP contribution >= 0.6 is 68.0 Å². The van der Waals surface area contributed by atoms with Crippen molar-refractivity contribution in [3.05, 3.63) is 185 Å². The van der Waals surface area contributed by atoms with Gasteiger partial charge in [0.05, 0.1) is 187 Å². The number of nitrogens with zero attached hydrogens (tertiary/aromatic N) is 15. The van der Waals surface area contributed by atoms with Crippen LogP contribution in [0, 0.1) is 0 Å². The van der Waals surface area contributed by atoms with Crippen LogP contribution in [0.15, 0.2) is 92.0 Å². The van der Waals surface area contributed by atoms with Gasteiger partial charge < -0.3 is 71.6 Å². The Hall–Kier alpha value is -8.51. The van der Waals surface area contributed by atoms with Crippen LogP contribution in [0.2, 0.25) is 0 Å². The second kappa shape index (κ2) is 51.2. The first-order chi connectivity index (χ1) is 61.1. The fraction of sp³-hybridized carbons (Fsp3) is 0.526. The van der Waals surface area contributed by atoms with Gasteiger partial charge in [-0.1, -0.05) is 126 Å². The molecule has 6 aromatic rings. The Bertz CT molecular complexity index is 5250. The molecule has 40 nitrogen and oxygen atoms in total. The van der Waals surface area contributed by atoms with E-state index in [9.17, 15) is 75.5 Å². The lowest BCUT2D eigenvalue weighted by Crippen LogP contribution is -2.43. The smallest absolute Gasteiger partial charge is 0.345 e. The van der Waals surface area contributed by atoms with E-state index in [1.165, 1.54) is 67.0 Å². The number of fused-ring (bicyclic) bond motifs is 12. The highest BCUT2D eigenvalue weighted by molar-refractivity contribution is 7.86. The maximum Gasteiger partial charge on any atom is 0.345 e. The minimum atomic E-state index is -3.56. The molecule has 686 valence electrons. The standard InChI is InChI=1S/C14H21BN3O3S.C13H19BN3O3S.C13H17N3O6S2.C12H15N3O4S.2C10H12BN2O3S.C4H9NO/c1-4-6-18-12-9-17(15-10-19)8-11(13(12)22-14(18)20)16(3)21-7-5-2;1-3-5-17-11-8-16(14-9-18)7-10(15-20-6-4-2)12(11)21-13(17)19;1-3-5-21-16-10-8-14(12(16)17)7-9-11(10)23-13(18)15(9)4-6-22-24(2,19)20;1-2-5-19-15-9-7-13(11(15)17)6-8-10(9)20-12(18)14(8)3-4-16;2*1-2-3-13-7-4-12(11-6-14)5-8(15)9(7)17-10(13)16;1-3-4-6-5-2/h5,10-11H,2,4,6-9H2,1,3H3;4,9-10,15H,2-3,5-8H2,1H3;3,10H,1,4-8H2,2H3;2,9,16H,1,3-7H2;2*6H,2-5H2,1H3;3,5H,1,4H2,2H3. The first-order valence-electron chi connectivity index (χ1n) is 40.5. The molecule has 14 rings (SSSR count). The lowest BCUT2D eigenvalue weighted by Gasteiger charge is -2.36. The average molecular weight is 1890 g/mol. The third-order valence-corrected chi connectivity index (χ3v) is 27.0. The molecule has 4 amide bonds. The van der Waals surface area contributed by atoms with E-state index in [2.05, 4.69) is 48.7 Å². The van der Waals surface area contributed by atoms with E-state index in [4.69, 9.17) is 28.6 Å². The molecule has 2 saturated heterocycles. The van der Waals surface area contributed by atoms with Crippen LogP contribution in [0.5, 0.6) is 0 Å². The van der Waals surface area contributed by atoms with Gasteiger partial charge in [-0.25, -0.2) is 15.1 Å². The van der Waals surface area contributed by atoms with E-state index in [-0.39, 0.29) is 136 Å². The number of carbonyl (C=O) groups excluding carboxylic acids is 8. The second-order valence-corrected chi connectivity index (χ2v) is 36.3. The van der Waals surface area contributed by atoms with Gasteiger partial charge in [0.2, 0.25) is 0 Å². The highest BCUT2D eigenvalue weighted by Crippen LogP contribution is 2.42. The van der Waals surface area contributed by atoms with Crippen LogP contribution < -0.4 is 40.2 Å². The maximum atomic E-state index is 12.3. The van der Waals surface area contributed by atoms with Crippen LogP contribution in [0.25, 0.3) is 0 Å². The Labute approximate surface area is 760 Å². The van der Waals surface area contributed by atoms with Crippen molar-refractivity contribution in [2.45, 2.75) is 156 Å². The minimum absolute atomic E-state index is 0.0466. The lowest BCUT2D eigenvalue weighted by atomic mass is 9.90. The Morgan fingerprint density at radius 1 is 0.449 bits per heavy atom. The third kappa shape index (κ3) is 26.9. The van der Waals surface area contributed by atoms with Gasteiger partial charge in [0.15, 0.2) is 11.6 Å². The summed E-state index contributed by atoms with van der Waals surface area (Å²) < 4.78 is 36.7. The van der Waals surface area contributed by atoms with E-state index in [0.717, 1.165) is 138 Å². The number of aromatic nitrogens is 6. The molecule has 6 aromatic heterocycles. The molecule has 8 aliphatic rings. The van der Waals surface area contributed by atoms with Crippen molar-refractivity contribution < 1.29 is 80.3 Å². The number of amides is 4. The maximum absolute atomic E-state index is 12.3. The van der Waals surface area contributed by atoms with E-state index < -0.39 is 10.1 Å². The molecule has 8 aliphatic heterocycles. The largest absolute Gasteiger partial charge is 0.395 e. The van der Waals surface area contributed by atoms with Crippen molar-refractivity contribution in [2.75, 3.05) is 106 Å². The quantitative estimate of drug-likeness (QED) is 0.0125. The zero-order chi connectivity index (χ0) is 92.8. The Morgan fingerprint density at radius 3 is 1.21 bits per heavy atom. The summed E-state index contributed by atoms with van der Waals surface area (Å²) in [5.41, 5.74) is 10.4. The summed E-state index contributed by atoms with van der Waals surface area (Å²) >= 11 is 6.73. The van der Waals surface area contributed by atoms with E-state index in [1.807, 2.05) is 48.9 Å². The van der Waals surface area contributed by atoms with Gasteiger partial charge >= 0.3 is 41.3 Å². The number of hydroxylamine groups is 8. The fourth-order valence-electron chi connectivity index (χ4n) is 14.5. The third-order valence-electron chi connectivity index (χ3n) is 19.8. The molecule has 0 spiro atoms. The van der Waals surface area contributed by atoms with Crippen molar-refractivity contribution >= 4 is 156 Å². The number of aliphatic hydroxyl groups excluding tert-OH is 1. The number of ketones is 2. The Morgan fingerprint density at radius 2 is 0.811 bits per heavy atom. The number of urea groups is 2. The summed E-state index contributed by atoms with van der Waals surface area (Å²) in [6.45, 7) is 35.7. The summed E-state index contributed by atoms with van der Waals surface area (Å²) in [5.74, 6) is -0.164. The molecule has 0 aliphatic carbocycles. The van der Waals surface area contributed by atoms with Crippen molar-refractivity contribution in [3.63, 3.8) is 0 Å². The van der Waals surface area contributed by atoms with Crippen molar-refractivity contribution in [1.82, 2.24) is 82.6 Å². The Balaban J connectivity index is 0.000000187. The highest BCUT2D eigenvalue weighted by atomic mass is 32.2. The second-order valence-electron chi connectivity index (χ2n) is 28.7. The number of carbonyl (C=O) groups is 8. The lowest BCUT2D eigenvalue weighted by molar-refractivity contribution is -0.162. The van der Waals surface area contributed by atoms with Crippen LogP contribution in [0.3, 0.4) is 0 Å². The van der Waals surface area contributed by atoms with Gasteiger partial charge in [0.25, 0.3) is 39.8 Å². The van der Waals surface area contributed by atoms with Crippen LogP contribution in [0.1, 0.15) is 151 Å². The molecule has 4 radical (unpaired) electrons. The van der Waals surface area contributed by atoms with E-state index in [0.29, 0.717) is 133 Å². The summed E-state index contributed by atoms with van der Waals surface area (Å²) in [6.07, 6.45) is 15.4. The zero-order valence-electron chi connectivity index (χ0n) is 71.9. The van der Waals surface area contributed by atoms with Crippen LogP contribution in [-0.2, 0) is 136 Å². The van der Waals surface area contributed by atoms with Crippen LogP contribution in [-0.4, -0.2) is 269 Å². The van der Waals surface area contributed by atoms with Gasteiger partial charge in [-0.2, -0.15) is 29.1 Å². The van der Waals surface area contributed by atoms with Gasteiger partial charge in [0, 0.05) is 97.5 Å². The normalized spacial score (nSPS) is 17.7. The van der Waals surface area contributed by atoms with Crippen LogP contribution in [0.4, 0.5) is 9.59 Å². The zero-order valence-corrected chi connectivity index (χ0v) is 77.6. The SMILES string of the molecule is C=CCON(C)C1CN([B]C=O)Cc2c1sc(=O)n2CCC.C=CCON1C(=O)N2Cc3c(sc(=O)n3CCO)C1C2.C=CCON1C(=O)N2Cc3c(sc(=O)n3CCOS(C)(=O)=O)C1C2.C=CCONC.C=CCONC1CN([B]C=O)Cc2c1sc(=O)n2CCC.CCCn1c2c(sc1=O)C(=O)CN([B]C=O)C2.CCCn1c2c(sc1=O)C(=O)CN([B]C=O)C2. The summed E-state index contributed by atoms with van der Waals surface area (Å²) in [7, 11) is 5.71. The molecule has 4 bridgehead atoms. The average Bonchev–Trinajstić information content (AvgIpc) is 1.59. The summed E-state index contributed by atoms with van der Waals surface area (Å²) in [6, 6.07) is -1.23. The van der Waals surface area contributed by atoms with Crippen molar-refractivity contribution in [2.24, 2.45) is 0 Å². The highest BCUT2D eigenvalue weighted by Gasteiger charge is 2.48. The molecule has 0 aromatic carbocycles. The van der Waals surface area contributed by atoms with Gasteiger partial charge in [-0.15, -0.1) is 32.9 Å². The van der Waals surface area contributed by atoms with Gasteiger partial charge in [-0.05, 0) is 25.7 Å². The van der Waals surface area contributed by atoms with Gasteiger partial charge in [-0.3, -0.25) is 75.9 Å². The number of thiazole rings is 6. The molecule has 4 unspecified atom stereocenters. The number of likely N-dealkylation sites (N-methyl/N-ethyl adjacent to an activating group) is 1. The minimum Gasteiger partial charge on any atom is -0.395 e. The van der Waals surface area contributed by atoms with Gasteiger partial charge in [0.1, 0.15) is 12.1 Å². The monoisotopic (exact) mass is 1890 g/mol. The topological polar surface area (TPSA) is 432 Å². The number of aliphatic hydroxyl groups is 1. The predicted octanol–water partition coefficient (Wildman–Crippen LogP) is 2.91. The molecule has 127 heavy (non-hydrogen) atoms. The molecule has 2 fully saturated rings. The molecular formula is C76H105B4N17O23S7. The summed E-state index contributed by atoms with van der Waals surface area (Å²) in [4.78, 5) is 204. The number of nitrogens with one attached hydrogen (secondary N) is 2. The first kappa shape index (κ1) is 104. The molecular weight excluding hydrogens is 1790 g/mol. The number of Topliss-reactive ketones (excluding diaryl/α,β-unsaturated/α-hetero) is 2. The fourth-order valence-corrected chi connectivity index (χ4v) is 21.2. The molecule has 51 heteroatoms.